The number of hydrogen-bond acceptors (Lipinski definition) is 5. The van der Waals surface area contributed by atoms with Gasteiger partial charge >= 0.3 is 6.03 Å². The minimum absolute atomic E-state index is 0.0700. The third kappa shape index (κ3) is 3.87. The third-order valence-corrected chi connectivity index (χ3v) is 5.02. The van der Waals surface area contributed by atoms with Gasteiger partial charge in [0.2, 0.25) is 0 Å². The van der Waals surface area contributed by atoms with E-state index in [-0.39, 0.29) is 29.4 Å². The number of nitrogens with one attached hydrogen (secondary N) is 1. The number of furan rings is 1. The summed E-state index contributed by atoms with van der Waals surface area (Å²) in [5, 5.41) is 13.7. The number of amides is 3. The first kappa shape index (κ1) is 19.6. The number of nitro groups is 1. The molecule has 0 bridgehead atoms. The zero-order valence-corrected chi connectivity index (χ0v) is 17.0. The zero-order chi connectivity index (χ0) is 21.3. The van der Waals surface area contributed by atoms with Crippen molar-refractivity contribution >= 4 is 39.6 Å². The van der Waals surface area contributed by atoms with Crippen molar-refractivity contribution in [3.05, 3.63) is 92.3 Å². The summed E-state index contributed by atoms with van der Waals surface area (Å²) in [4.78, 5) is 36.7. The van der Waals surface area contributed by atoms with Crippen LogP contribution in [0.3, 0.4) is 0 Å². The predicted molar refractivity (Wildman–Crippen MR) is 112 cm³/mol. The molecule has 1 N–H and O–H groups in total. The fourth-order valence-corrected chi connectivity index (χ4v) is 3.31. The first-order valence-corrected chi connectivity index (χ1v) is 9.64. The number of para-hydroxylation sites is 1. The highest BCUT2D eigenvalue weighted by Gasteiger charge is 2.33. The van der Waals surface area contributed by atoms with Crippen molar-refractivity contribution in [3.63, 3.8) is 0 Å². The second-order valence-corrected chi connectivity index (χ2v) is 7.40. The Morgan fingerprint density at radius 1 is 1.07 bits per heavy atom. The fraction of sp³-hybridized carbons (Fsp3) is 0.0476. The molecule has 2 heterocycles. The molecule has 8 nitrogen and oxygen atoms in total. The second kappa shape index (κ2) is 7.96. The van der Waals surface area contributed by atoms with Gasteiger partial charge in [-0.3, -0.25) is 19.8 Å². The quantitative estimate of drug-likeness (QED) is 0.253. The first-order chi connectivity index (χ1) is 14.4. The Bertz CT molecular complexity index is 1180. The Morgan fingerprint density at radius 2 is 1.80 bits per heavy atom. The molecule has 1 saturated heterocycles. The van der Waals surface area contributed by atoms with Gasteiger partial charge < -0.3 is 9.73 Å². The Labute approximate surface area is 179 Å². The van der Waals surface area contributed by atoms with Crippen molar-refractivity contribution in [2.45, 2.75) is 6.54 Å². The maximum atomic E-state index is 12.6. The molecule has 0 spiro atoms. The van der Waals surface area contributed by atoms with Gasteiger partial charge in [0.05, 0.1) is 17.0 Å². The highest BCUT2D eigenvalue weighted by atomic mass is 79.9. The van der Waals surface area contributed by atoms with Crippen molar-refractivity contribution in [1.29, 1.82) is 0 Å². The molecular weight excluding hydrogens is 454 g/mol. The van der Waals surface area contributed by atoms with Crippen LogP contribution in [0.1, 0.15) is 11.3 Å². The second-order valence-electron chi connectivity index (χ2n) is 6.48. The van der Waals surface area contributed by atoms with Crippen molar-refractivity contribution in [3.8, 4) is 11.3 Å². The SMILES string of the molecule is O=C1N/C(=C\c2ccc(-c3ccccc3[N+](=O)[O-])o2)C(=O)N1Cc1ccc(Br)cc1. The maximum Gasteiger partial charge on any atom is 0.329 e. The summed E-state index contributed by atoms with van der Waals surface area (Å²) in [6.07, 6.45) is 1.40. The van der Waals surface area contributed by atoms with E-state index in [9.17, 15) is 19.7 Å². The van der Waals surface area contributed by atoms with Crippen molar-refractivity contribution in [1.82, 2.24) is 10.2 Å². The standard InChI is InChI=1S/C21H14BrN3O5/c22-14-7-5-13(6-8-14)12-24-20(26)17(23-21(24)27)11-15-9-10-19(30-15)16-3-1-2-4-18(16)25(28)29/h1-11H,12H2,(H,23,27)/b17-11-. The number of halogens is 1. The lowest BCUT2D eigenvalue weighted by Gasteiger charge is -2.11. The summed E-state index contributed by atoms with van der Waals surface area (Å²) in [5.74, 6) is 0.0986. The predicted octanol–water partition coefficient (Wildman–Crippen LogP) is 4.71. The molecule has 2 aromatic carbocycles. The molecule has 0 unspecified atom stereocenters. The lowest BCUT2D eigenvalue weighted by molar-refractivity contribution is -0.384. The number of urea groups is 1. The van der Waals surface area contributed by atoms with E-state index in [4.69, 9.17) is 4.42 Å². The minimum Gasteiger partial charge on any atom is -0.456 e. The molecule has 1 aliphatic heterocycles. The lowest BCUT2D eigenvalue weighted by atomic mass is 10.1. The van der Waals surface area contributed by atoms with E-state index < -0.39 is 16.9 Å². The summed E-state index contributed by atoms with van der Waals surface area (Å²) in [5.41, 5.74) is 1.11. The molecular formula is C21H14BrN3O5. The summed E-state index contributed by atoms with van der Waals surface area (Å²) in [6, 6.07) is 16.1. The van der Waals surface area contributed by atoms with Crippen LogP contribution in [0.15, 0.2) is 75.3 Å². The molecule has 0 aliphatic carbocycles. The molecule has 30 heavy (non-hydrogen) atoms. The van der Waals surface area contributed by atoms with Gasteiger partial charge in [-0.1, -0.05) is 40.2 Å². The Kier molecular flexibility index (Phi) is 5.20. The van der Waals surface area contributed by atoms with Crippen LogP contribution in [0.4, 0.5) is 10.5 Å². The Morgan fingerprint density at radius 3 is 2.53 bits per heavy atom. The van der Waals surface area contributed by atoms with Gasteiger partial charge in [0, 0.05) is 16.6 Å². The number of rotatable bonds is 5. The summed E-state index contributed by atoms with van der Waals surface area (Å²) in [6.45, 7) is 0.134. The number of nitro benzene ring substituents is 1. The zero-order valence-electron chi connectivity index (χ0n) is 15.4. The lowest BCUT2D eigenvalue weighted by Crippen LogP contribution is -2.30. The number of hydrogen-bond donors (Lipinski definition) is 1. The van der Waals surface area contributed by atoms with E-state index in [1.54, 1.807) is 30.3 Å². The van der Waals surface area contributed by atoms with Gasteiger partial charge in [0.25, 0.3) is 11.6 Å². The molecule has 0 radical (unpaired) electrons. The molecule has 0 atom stereocenters. The van der Waals surface area contributed by atoms with Gasteiger partial charge in [0.1, 0.15) is 17.2 Å². The van der Waals surface area contributed by atoms with Gasteiger partial charge in [-0.25, -0.2) is 4.79 Å². The molecule has 1 aliphatic rings. The highest BCUT2D eigenvalue weighted by molar-refractivity contribution is 9.10. The number of carbonyl (C=O) groups is 2. The Balaban J connectivity index is 1.56. The molecule has 9 heteroatoms. The molecule has 3 aromatic rings. The topological polar surface area (TPSA) is 106 Å². The fourth-order valence-electron chi connectivity index (χ4n) is 3.05. The van der Waals surface area contributed by atoms with E-state index in [0.717, 1.165) is 14.9 Å². The molecule has 0 saturated carbocycles. The van der Waals surface area contributed by atoms with E-state index in [0.29, 0.717) is 5.56 Å². The van der Waals surface area contributed by atoms with Crippen LogP contribution in [0.25, 0.3) is 17.4 Å². The van der Waals surface area contributed by atoms with E-state index in [1.807, 2.05) is 24.3 Å². The van der Waals surface area contributed by atoms with Crippen LogP contribution >= 0.6 is 15.9 Å². The normalized spacial score (nSPS) is 15.0. The van der Waals surface area contributed by atoms with Crippen molar-refractivity contribution in [2.24, 2.45) is 0 Å². The van der Waals surface area contributed by atoms with Gasteiger partial charge in [0.15, 0.2) is 0 Å². The summed E-state index contributed by atoms with van der Waals surface area (Å²) in [7, 11) is 0. The molecule has 150 valence electrons. The van der Waals surface area contributed by atoms with Gasteiger partial charge in [-0.15, -0.1) is 0 Å². The van der Waals surface area contributed by atoms with Gasteiger partial charge in [-0.05, 0) is 35.9 Å². The molecule has 3 amide bonds. The molecule has 1 aromatic heterocycles. The van der Waals surface area contributed by atoms with E-state index in [2.05, 4.69) is 21.2 Å². The Hall–Kier alpha value is -3.72. The third-order valence-electron chi connectivity index (χ3n) is 4.50. The van der Waals surface area contributed by atoms with Gasteiger partial charge in [-0.2, -0.15) is 0 Å². The van der Waals surface area contributed by atoms with Crippen molar-refractivity contribution in [2.75, 3.05) is 0 Å². The van der Waals surface area contributed by atoms with Crippen LogP contribution in [0, 0.1) is 10.1 Å². The van der Waals surface area contributed by atoms with Crippen LogP contribution in [0.5, 0.6) is 0 Å². The smallest absolute Gasteiger partial charge is 0.329 e. The molecule has 1 fully saturated rings. The van der Waals surface area contributed by atoms with Crippen LogP contribution < -0.4 is 5.32 Å². The minimum atomic E-state index is -0.528. The largest absolute Gasteiger partial charge is 0.456 e. The number of carbonyl (C=O) groups excluding carboxylic acids is 2. The summed E-state index contributed by atoms with van der Waals surface area (Å²) < 4.78 is 6.56. The monoisotopic (exact) mass is 467 g/mol. The molecule has 4 rings (SSSR count). The van der Waals surface area contributed by atoms with Crippen LogP contribution in [0.2, 0.25) is 0 Å². The van der Waals surface area contributed by atoms with E-state index in [1.165, 1.54) is 12.1 Å². The summed E-state index contributed by atoms with van der Waals surface area (Å²) >= 11 is 3.34. The van der Waals surface area contributed by atoms with Crippen LogP contribution in [-0.2, 0) is 11.3 Å². The first-order valence-electron chi connectivity index (χ1n) is 8.85. The average molecular weight is 468 g/mol. The number of imide groups is 1. The highest BCUT2D eigenvalue weighted by Crippen LogP contribution is 2.31. The number of benzene rings is 2. The van der Waals surface area contributed by atoms with Crippen LogP contribution in [-0.4, -0.2) is 21.8 Å². The van der Waals surface area contributed by atoms with Crippen molar-refractivity contribution < 1.29 is 18.9 Å². The maximum absolute atomic E-state index is 12.6. The number of nitrogens with zero attached hydrogens (tertiary/aromatic N) is 2. The van der Waals surface area contributed by atoms with E-state index >= 15 is 0 Å². The average Bonchev–Trinajstić information content (AvgIpc) is 3.30.